The highest BCUT2D eigenvalue weighted by molar-refractivity contribution is 7.80. The first-order valence-corrected chi connectivity index (χ1v) is 5.50. The molecule has 0 aliphatic carbocycles. The molecule has 2 aromatic rings. The molecule has 4 nitrogen and oxygen atoms in total. The molecule has 2 rings (SSSR count). The van der Waals surface area contributed by atoms with Gasteiger partial charge in [0.2, 0.25) is 5.95 Å². The monoisotopic (exact) mass is 250 g/mol. The zero-order valence-corrected chi connectivity index (χ0v) is 10.3. The second kappa shape index (κ2) is 4.71. The van der Waals surface area contributed by atoms with Crippen molar-refractivity contribution >= 4 is 36.9 Å². The van der Waals surface area contributed by atoms with Gasteiger partial charge >= 0.3 is 0 Å². The van der Waals surface area contributed by atoms with E-state index < -0.39 is 0 Å². The van der Waals surface area contributed by atoms with Gasteiger partial charge in [-0.15, -0.1) is 25.3 Å². The van der Waals surface area contributed by atoms with Crippen LogP contribution in [0.5, 0.6) is 0 Å². The molecule has 0 bridgehead atoms. The molecule has 16 heavy (non-hydrogen) atoms. The van der Waals surface area contributed by atoms with Gasteiger partial charge in [-0.1, -0.05) is 17.7 Å². The molecule has 0 spiro atoms. The van der Waals surface area contributed by atoms with E-state index in [-0.39, 0.29) is 0 Å². The molecular weight excluding hydrogens is 240 g/mol. The maximum atomic E-state index is 4.06. The minimum Gasteiger partial charge on any atom is -0.324 e. The van der Waals surface area contributed by atoms with E-state index in [1.165, 1.54) is 5.56 Å². The molecule has 6 heteroatoms. The molecule has 0 unspecified atom stereocenters. The molecule has 0 radical (unpaired) electrons. The van der Waals surface area contributed by atoms with E-state index >= 15 is 0 Å². The third-order valence-corrected chi connectivity index (χ3v) is 2.32. The summed E-state index contributed by atoms with van der Waals surface area (Å²) in [6, 6.07) is 7.92. The number of rotatable bonds is 2. The SMILES string of the molecule is Cc1ccc(Nc2nc(S)nc(S)n2)cc1. The van der Waals surface area contributed by atoms with Crippen LogP contribution in [0.2, 0.25) is 0 Å². The molecule has 0 aliphatic rings. The first-order chi connectivity index (χ1) is 7.63. The molecule has 0 saturated heterocycles. The highest BCUT2D eigenvalue weighted by atomic mass is 32.1. The number of aryl methyl sites for hydroxylation is 1. The van der Waals surface area contributed by atoms with E-state index in [1.807, 2.05) is 31.2 Å². The lowest BCUT2D eigenvalue weighted by atomic mass is 10.2. The van der Waals surface area contributed by atoms with Gasteiger partial charge in [-0.3, -0.25) is 0 Å². The highest BCUT2D eigenvalue weighted by Gasteiger charge is 2.01. The summed E-state index contributed by atoms with van der Waals surface area (Å²) in [6.45, 7) is 2.03. The Kier molecular flexibility index (Phi) is 3.31. The van der Waals surface area contributed by atoms with Crippen molar-refractivity contribution in [2.45, 2.75) is 17.2 Å². The Morgan fingerprint density at radius 3 is 2.06 bits per heavy atom. The number of nitrogens with one attached hydrogen (secondary N) is 1. The third-order valence-electron chi connectivity index (χ3n) is 1.92. The summed E-state index contributed by atoms with van der Waals surface area (Å²) in [4.78, 5) is 11.9. The average Bonchev–Trinajstić information content (AvgIpc) is 2.20. The number of anilines is 2. The van der Waals surface area contributed by atoms with Crippen molar-refractivity contribution in [1.29, 1.82) is 0 Å². The Balaban J connectivity index is 2.23. The topological polar surface area (TPSA) is 50.7 Å². The molecule has 82 valence electrons. The first kappa shape index (κ1) is 11.2. The fourth-order valence-corrected chi connectivity index (χ4v) is 1.63. The van der Waals surface area contributed by atoms with Gasteiger partial charge in [0, 0.05) is 5.69 Å². The van der Waals surface area contributed by atoms with Crippen molar-refractivity contribution in [2.75, 3.05) is 5.32 Å². The summed E-state index contributed by atoms with van der Waals surface area (Å²) < 4.78 is 0. The Labute approximate surface area is 104 Å². The van der Waals surface area contributed by atoms with Gasteiger partial charge in [0.1, 0.15) is 0 Å². The summed E-state index contributed by atoms with van der Waals surface area (Å²) in [5, 5.41) is 3.74. The average molecular weight is 250 g/mol. The molecule has 0 fully saturated rings. The lowest BCUT2D eigenvalue weighted by Gasteiger charge is -2.05. The van der Waals surface area contributed by atoms with Crippen LogP contribution in [0.15, 0.2) is 34.6 Å². The summed E-state index contributed by atoms with van der Waals surface area (Å²) in [5.74, 6) is 0.439. The lowest BCUT2D eigenvalue weighted by molar-refractivity contribution is 0.817. The lowest BCUT2D eigenvalue weighted by Crippen LogP contribution is -2.00. The highest BCUT2D eigenvalue weighted by Crippen LogP contribution is 2.15. The maximum absolute atomic E-state index is 4.06. The zero-order chi connectivity index (χ0) is 11.5. The van der Waals surface area contributed by atoms with Crippen LogP contribution < -0.4 is 5.32 Å². The number of nitrogens with zero attached hydrogens (tertiary/aromatic N) is 3. The first-order valence-electron chi connectivity index (χ1n) is 4.61. The quantitative estimate of drug-likeness (QED) is 0.717. The predicted octanol–water partition coefficient (Wildman–Crippen LogP) is 2.50. The van der Waals surface area contributed by atoms with Crippen molar-refractivity contribution in [3.63, 3.8) is 0 Å². The molecule has 0 saturated carbocycles. The zero-order valence-electron chi connectivity index (χ0n) is 8.55. The van der Waals surface area contributed by atoms with Crippen molar-refractivity contribution in [3.8, 4) is 0 Å². The van der Waals surface area contributed by atoms with Gasteiger partial charge in [-0.2, -0.15) is 15.0 Å². The molecule has 0 atom stereocenters. The summed E-state index contributed by atoms with van der Waals surface area (Å²) in [7, 11) is 0. The van der Waals surface area contributed by atoms with E-state index in [9.17, 15) is 0 Å². The molecular formula is C10H10N4S2. The molecule has 0 amide bonds. The van der Waals surface area contributed by atoms with E-state index in [0.717, 1.165) is 5.69 Å². The standard InChI is InChI=1S/C10H10N4S2/c1-6-2-4-7(5-3-6)11-8-12-9(15)14-10(16)13-8/h2-5H,1H3,(H3,11,12,13,14,15,16). The normalized spacial score (nSPS) is 10.2. The smallest absolute Gasteiger partial charge is 0.232 e. The van der Waals surface area contributed by atoms with Gasteiger partial charge < -0.3 is 5.32 Å². The third kappa shape index (κ3) is 2.86. The van der Waals surface area contributed by atoms with E-state index in [2.05, 4.69) is 45.5 Å². The van der Waals surface area contributed by atoms with Crippen molar-refractivity contribution in [3.05, 3.63) is 29.8 Å². The van der Waals surface area contributed by atoms with Crippen LogP contribution >= 0.6 is 25.3 Å². The van der Waals surface area contributed by atoms with E-state index in [4.69, 9.17) is 0 Å². The van der Waals surface area contributed by atoms with Crippen molar-refractivity contribution < 1.29 is 0 Å². The van der Waals surface area contributed by atoms with Crippen LogP contribution in [0.25, 0.3) is 0 Å². The van der Waals surface area contributed by atoms with Gasteiger partial charge in [0.25, 0.3) is 0 Å². The van der Waals surface area contributed by atoms with Crippen LogP contribution in [0.1, 0.15) is 5.56 Å². The Bertz CT molecular complexity index is 478. The molecule has 1 heterocycles. The number of hydrogen-bond donors (Lipinski definition) is 3. The number of hydrogen-bond acceptors (Lipinski definition) is 6. The molecule has 0 aliphatic heterocycles. The molecule has 1 N–H and O–H groups in total. The van der Waals surface area contributed by atoms with E-state index in [0.29, 0.717) is 16.3 Å². The number of aromatic nitrogens is 3. The largest absolute Gasteiger partial charge is 0.324 e. The fourth-order valence-electron chi connectivity index (χ4n) is 1.18. The molecule has 1 aromatic carbocycles. The summed E-state index contributed by atoms with van der Waals surface area (Å²) >= 11 is 8.11. The Morgan fingerprint density at radius 2 is 1.50 bits per heavy atom. The number of thiol groups is 2. The van der Waals surface area contributed by atoms with E-state index in [1.54, 1.807) is 0 Å². The van der Waals surface area contributed by atoms with Gasteiger partial charge in [-0.25, -0.2) is 0 Å². The minimum absolute atomic E-state index is 0.342. The van der Waals surface area contributed by atoms with Gasteiger partial charge in [-0.05, 0) is 19.1 Å². The fraction of sp³-hybridized carbons (Fsp3) is 0.100. The number of benzene rings is 1. The van der Waals surface area contributed by atoms with Gasteiger partial charge in [0.15, 0.2) is 10.3 Å². The van der Waals surface area contributed by atoms with Crippen LogP contribution in [0, 0.1) is 6.92 Å². The van der Waals surface area contributed by atoms with Crippen molar-refractivity contribution in [1.82, 2.24) is 15.0 Å². The summed E-state index contributed by atoms with van der Waals surface area (Å²) in [5.41, 5.74) is 2.11. The van der Waals surface area contributed by atoms with Crippen LogP contribution in [-0.2, 0) is 0 Å². The Morgan fingerprint density at radius 1 is 0.938 bits per heavy atom. The van der Waals surface area contributed by atoms with Gasteiger partial charge in [0.05, 0.1) is 0 Å². The maximum Gasteiger partial charge on any atom is 0.232 e. The van der Waals surface area contributed by atoms with Crippen LogP contribution in [0.3, 0.4) is 0 Å². The van der Waals surface area contributed by atoms with Crippen LogP contribution in [0.4, 0.5) is 11.6 Å². The summed E-state index contributed by atoms with van der Waals surface area (Å²) in [6.07, 6.45) is 0. The second-order valence-electron chi connectivity index (χ2n) is 3.25. The predicted molar refractivity (Wildman–Crippen MR) is 68.8 cm³/mol. The van der Waals surface area contributed by atoms with Crippen LogP contribution in [-0.4, -0.2) is 15.0 Å². The molecule has 1 aromatic heterocycles. The Hall–Kier alpha value is -1.27. The van der Waals surface area contributed by atoms with Crippen molar-refractivity contribution in [2.24, 2.45) is 0 Å². The minimum atomic E-state index is 0.342. The second-order valence-corrected chi connectivity index (χ2v) is 4.05.